The number of aromatic nitrogens is 3. The summed E-state index contributed by atoms with van der Waals surface area (Å²) in [5, 5.41) is 9.31. The Morgan fingerprint density at radius 1 is 1.47 bits per heavy atom. The van der Waals surface area contributed by atoms with Gasteiger partial charge >= 0.3 is 8.25 Å². The topological polar surface area (TPSA) is 109 Å². The van der Waals surface area contributed by atoms with Crippen molar-refractivity contribution in [3.63, 3.8) is 0 Å². The molecule has 4 atom stereocenters. The minimum Gasteiger partial charge on any atom is -0.396 e. The van der Waals surface area contributed by atoms with Gasteiger partial charge in [0.05, 0.1) is 6.10 Å². The van der Waals surface area contributed by atoms with Crippen molar-refractivity contribution >= 4 is 14.2 Å². The zero-order chi connectivity index (χ0) is 13.8. The van der Waals surface area contributed by atoms with Crippen LogP contribution < -0.4 is 4.90 Å². The van der Waals surface area contributed by atoms with Gasteiger partial charge in [-0.25, -0.2) is 15.0 Å². The zero-order valence-corrected chi connectivity index (χ0v) is 11.5. The van der Waals surface area contributed by atoms with E-state index in [1.807, 2.05) is 11.9 Å². The van der Waals surface area contributed by atoms with Crippen molar-refractivity contribution < 1.29 is 19.1 Å². The standard InChI is InChI=1S/C10H17N4O4P/c1-14(10-12-5-11-6-13-10)8-2-7(4-15)9(3-8)18-19(16)17/h5-9,15,19H,2-4H2,1H3,(H,16,17)/t7-,8-,9+/m1/s1. The SMILES string of the molecule is CN(c1ncncn1)[C@@H]1C[C@H](CO)[C@@H](O[PH](=O)O)C1. The molecule has 2 N–H and O–H groups in total. The van der Waals surface area contributed by atoms with Gasteiger partial charge in [-0.15, -0.1) is 0 Å². The number of aliphatic hydroxyl groups excluding tert-OH is 1. The van der Waals surface area contributed by atoms with Crippen molar-refractivity contribution in [2.24, 2.45) is 5.92 Å². The molecule has 1 aliphatic carbocycles. The van der Waals surface area contributed by atoms with E-state index in [9.17, 15) is 9.67 Å². The van der Waals surface area contributed by atoms with Crippen molar-refractivity contribution in [1.29, 1.82) is 0 Å². The maximum absolute atomic E-state index is 10.8. The van der Waals surface area contributed by atoms with Gasteiger partial charge in [-0.3, -0.25) is 4.57 Å². The van der Waals surface area contributed by atoms with Crippen LogP contribution in [0.25, 0.3) is 0 Å². The first kappa shape index (κ1) is 14.3. The summed E-state index contributed by atoms with van der Waals surface area (Å²) in [4.78, 5) is 22.6. The van der Waals surface area contributed by atoms with Crippen molar-refractivity contribution in [2.45, 2.75) is 25.0 Å². The summed E-state index contributed by atoms with van der Waals surface area (Å²) in [5.41, 5.74) is 0. The van der Waals surface area contributed by atoms with Crippen LogP contribution in [0.3, 0.4) is 0 Å². The smallest absolute Gasteiger partial charge is 0.316 e. The monoisotopic (exact) mass is 288 g/mol. The molecule has 0 saturated heterocycles. The fraction of sp³-hybridized carbons (Fsp3) is 0.700. The molecule has 1 aliphatic rings. The summed E-state index contributed by atoms with van der Waals surface area (Å²) in [6.07, 6.45) is 3.65. The first-order chi connectivity index (χ1) is 9.11. The highest BCUT2D eigenvalue weighted by Crippen LogP contribution is 2.36. The minimum atomic E-state index is -2.99. The number of aliphatic hydroxyl groups is 1. The predicted octanol–water partition coefficient (Wildman–Crippen LogP) is -0.154. The van der Waals surface area contributed by atoms with Gasteiger partial charge < -0.3 is 19.4 Å². The highest BCUT2D eigenvalue weighted by Gasteiger charge is 2.38. The van der Waals surface area contributed by atoms with E-state index in [2.05, 4.69) is 15.0 Å². The number of hydrogen-bond donors (Lipinski definition) is 2. The van der Waals surface area contributed by atoms with Crippen LogP contribution in [0.1, 0.15) is 12.8 Å². The summed E-state index contributed by atoms with van der Waals surface area (Å²) in [6, 6.07) is 0.0610. The van der Waals surface area contributed by atoms with Crippen LogP contribution in [0.5, 0.6) is 0 Å². The average Bonchev–Trinajstić information content (AvgIpc) is 2.81. The molecule has 1 unspecified atom stereocenters. The molecule has 0 bridgehead atoms. The zero-order valence-electron chi connectivity index (χ0n) is 10.5. The maximum Gasteiger partial charge on any atom is 0.316 e. The molecule has 1 aromatic heterocycles. The van der Waals surface area contributed by atoms with Gasteiger partial charge in [-0.2, -0.15) is 0 Å². The van der Waals surface area contributed by atoms with Gasteiger partial charge in [0.25, 0.3) is 0 Å². The van der Waals surface area contributed by atoms with E-state index in [0.717, 1.165) is 0 Å². The molecule has 0 spiro atoms. The molecular weight excluding hydrogens is 271 g/mol. The number of anilines is 1. The molecule has 19 heavy (non-hydrogen) atoms. The molecule has 0 radical (unpaired) electrons. The highest BCUT2D eigenvalue weighted by molar-refractivity contribution is 7.32. The quantitative estimate of drug-likeness (QED) is 0.720. The third-order valence-corrected chi connectivity index (χ3v) is 3.94. The van der Waals surface area contributed by atoms with E-state index >= 15 is 0 Å². The highest BCUT2D eigenvalue weighted by atomic mass is 31.1. The molecule has 1 aromatic rings. The summed E-state index contributed by atoms with van der Waals surface area (Å²) in [6.45, 7) is -0.0681. The Labute approximate surface area is 111 Å². The number of rotatable bonds is 5. The van der Waals surface area contributed by atoms with Crippen LogP contribution >= 0.6 is 8.25 Å². The van der Waals surface area contributed by atoms with E-state index in [4.69, 9.17) is 9.42 Å². The molecule has 1 saturated carbocycles. The van der Waals surface area contributed by atoms with Crippen LogP contribution in [-0.4, -0.2) is 50.8 Å². The minimum absolute atomic E-state index is 0.0610. The Morgan fingerprint density at radius 2 is 2.16 bits per heavy atom. The molecule has 8 nitrogen and oxygen atoms in total. The lowest BCUT2D eigenvalue weighted by Gasteiger charge is -2.24. The Kier molecular flexibility index (Phi) is 4.81. The van der Waals surface area contributed by atoms with Gasteiger partial charge in [0.1, 0.15) is 12.7 Å². The second-order valence-electron chi connectivity index (χ2n) is 4.54. The van der Waals surface area contributed by atoms with E-state index in [0.29, 0.717) is 18.8 Å². The van der Waals surface area contributed by atoms with Crippen molar-refractivity contribution in [2.75, 3.05) is 18.6 Å². The summed E-state index contributed by atoms with van der Waals surface area (Å²) < 4.78 is 15.8. The Bertz CT molecular complexity index is 435. The first-order valence-corrected chi connectivity index (χ1v) is 7.23. The Balaban J connectivity index is 2.04. The van der Waals surface area contributed by atoms with Gasteiger partial charge in [0.15, 0.2) is 0 Å². The fourth-order valence-electron chi connectivity index (χ4n) is 2.42. The first-order valence-electron chi connectivity index (χ1n) is 5.97. The second kappa shape index (κ2) is 6.38. The average molecular weight is 288 g/mol. The largest absolute Gasteiger partial charge is 0.396 e. The van der Waals surface area contributed by atoms with Crippen molar-refractivity contribution in [3.8, 4) is 0 Å². The molecule has 1 fully saturated rings. The van der Waals surface area contributed by atoms with Gasteiger partial charge in [0.2, 0.25) is 5.95 Å². The van der Waals surface area contributed by atoms with Gasteiger partial charge in [0, 0.05) is 25.6 Å². The molecule has 1 heterocycles. The second-order valence-corrected chi connectivity index (χ2v) is 5.31. The van der Waals surface area contributed by atoms with Crippen molar-refractivity contribution in [3.05, 3.63) is 12.7 Å². The maximum atomic E-state index is 10.8. The molecule has 0 aromatic carbocycles. The normalized spacial score (nSPS) is 28.3. The fourth-order valence-corrected chi connectivity index (χ4v) is 2.97. The van der Waals surface area contributed by atoms with E-state index in [1.165, 1.54) is 12.7 Å². The molecule has 0 aliphatic heterocycles. The molecule has 9 heteroatoms. The van der Waals surface area contributed by atoms with Crippen LogP contribution in [-0.2, 0) is 9.09 Å². The lowest BCUT2D eigenvalue weighted by atomic mass is 10.1. The Hall–Kier alpha value is -1.08. The van der Waals surface area contributed by atoms with Crippen molar-refractivity contribution in [1.82, 2.24) is 15.0 Å². The van der Waals surface area contributed by atoms with E-state index < -0.39 is 14.4 Å². The van der Waals surface area contributed by atoms with Crippen LogP contribution in [0.2, 0.25) is 0 Å². The van der Waals surface area contributed by atoms with Gasteiger partial charge in [-0.1, -0.05) is 0 Å². The van der Waals surface area contributed by atoms with Crippen LogP contribution in [0.4, 0.5) is 5.95 Å². The van der Waals surface area contributed by atoms with E-state index in [-0.39, 0.29) is 18.6 Å². The lowest BCUT2D eigenvalue weighted by Crippen LogP contribution is -2.31. The number of nitrogens with zero attached hydrogens (tertiary/aromatic N) is 4. The molecule has 0 amide bonds. The summed E-state index contributed by atoms with van der Waals surface area (Å²) in [7, 11) is -1.15. The van der Waals surface area contributed by atoms with Crippen LogP contribution in [0.15, 0.2) is 12.7 Å². The number of hydrogen-bond acceptors (Lipinski definition) is 7. The predicted molar refractivity (Wildman–Crippen MR) is 67.9 cm³/mol. The summed E-state index contributed by atoms with van der Waals surface area (Å²) >= 11 is 0. The lowest BCUT2D eigenvalue weighted by molar-refractivity contribution is 0.106. The third kappa shape index (κ3) is 3.48. The van der Waals surface area contributed by atoms with E-state index in [1.54, 1.807) is 0 Å². The molecular formula is C10H17N4O4P. The van der Waals surface area contributed by atoms with Gasteiger partial charge in [-0.05, 0) is 12.8 Å². The third-order valence-electron chi connectivity index (χ3n) is 3.43. The Morgan fingerprint density at radius 3 is 2.74 bits per heavy atom. The summed E-state index contributed by atoms with van der Waals surface area (Å²) in [5.74, 6) is 0.393. The molecule has 2 rings (SSSR count). The molecule has 106 valence electrons. The van der Waals surface area contributed by atoms with Crippen LogP contribution in [0, 0.1) is 5.92 Å².